The quantitative estimate of drug-likeness (QED) is 0.754. The van der Waals surface area contributed by atoms with Gasteiger partial charge in [0.2, 0.25) is 10.0 Å². The van der Waals surface area contributed by atoms with E-state index in [-0.39, 0.29) is 4.90 Å². The first-order valence-electron chi connectivity index (χ1n) is 4.53. The van der Waals surface area contributed by atoms with E-state index < -0.39 is 10.0 Å². The van der Waals surface area contributed by atoms with E-state index in [1.807, 2.05) is 13.8 Å². The molecular formula is C9H14N2O2S. The first-order chi connectivity index (χ1) is 6.62. The van der Waals surface area contributed by atoms with Crippen molar-refractivity contribution in [2.45, 2.75) is 18.7 Å². The number of pyridine rings is 1. The Labute approximate surface area is 84.6 Å². The summed E-state index contributed by atoms with van der Waals surface area (Å²) in [6.07, 6.45) is 2.93. The molecule has 1 rings (SSSR count). The van der Waals surface area contributed by atoms with Gasteiger partial charge >= 0.3 is 0 Å². The van der Waals surface area contributed by atoms with Crippen LogP contribution in [0.1, 0.15) is 13.8 Å². The van der Waals surface area contributed by atoms with Gasteiger partial charge in [-0.15, -0.1) is 0 Å². The summed E-state index contributed by atoms with van der Waals surface area (Å²) in [5.74, 6) is 0. The molecule has 0 aliphatic carbocycles. The molecule has 0 N–H and O–H groups in total. The van der Waals surface area contributed by atoms with Crippen LogP contribution in [-0.4, -0.2) is 30.8 Å². The van der Waals surface area contributed by atoms with Crippen molar-refractivity contribution >= 4 is 10.0 Å². The van der Waals surface area contributed by atoms with Crippen molar-refractivity contribution in [1.82, 2.24) is 9.29 Å². The predicted octanol–water partition coefficient (Wildman–Crippen LogP) is 1.11. The van der Waals surface area contributed by atoms with Gasteiger partial charge < -0.3 is 0 Å². The van der Waals surface area contributed by atoms with Gasteiger partial charge in [0, 0.05) is 25.5 Å². The van der Waals surface area contributed by atoms with Gasteiger partial charge in [-0.05, 0) is 12.1 Å². The van der Waals surface area contributed by atoms with E-state index in [2.05, 4.69) is 4.98 Å². The Balaban J connectivity index is 3.08. The fraction of sp³-hybridized carbons (Fsp3) is 0.444. The smallest absolute Gasteiger partial charge is 0.244 e. The first kappa shape index (κ1) is 11.1. The lowest BCUT2D eigenvalue weighted by Gasteiger charge is -2.17. The van der Waals surface area contributed by atoms with Gasteiger partial charge in [-0.1, -0.05) is 13.8 Å². The summed E-state index contributed by atoms with van der Waals surface area (Å²) in [4.78, 5) is 4.05. The number of hydrogen-bond donors (Lipinski definition) is 0. The second-order valence-corrected chi connectivity index (χ2v) is 4.72. The molecule has 0 unspecified atom stereocenters. The van der Waals surface area contributed by atoms with E-state index >= 15 is 0 Å². The van der Waals surface area contributed by atoms with Crippen LogP contribution in [0.4, 0.5) is 0 Å². The van der Waals surface area contributed by atoms with Gasteiger partial charge in [0.05, 0.1) is 0 Å². The maximum Gasteiger partial charge on any atom is 0.244 e. The third-order valence-electron chi connectivity index (χ3n) is 1.98. The molecule has 5 heteroatoms. The molecule has 1 heterocycles. The van der Waals surface area contributed by atoms with Crippen LogP contribution in [-0.2, 0) is 10.0 Å². The summed E-state index contributed by atoms with van der Waals surface area (Å²) < 4.78 is 25.2. The van der Waals surface area contributed by atoms with Crippen LogP contribution >= 0.6 is 0 Å². The number of hydrogen-bond acceptors (Lipinski definition) is 3. The van der Waals surface area contributed by atoms with Gasteiger partial charge in [-0.2, -0.15) is 4.31 Å². The molecule has 0 aliphatic rings. The number of sulfonamides is 1. The Morgan fingerprint density at radius 2 is 2.00 bits per heavy atom. The monoisotopic (exact) mass is 214 g/mol. The predicted molar refractivity (Wildman–Crippen MR) is 54.3 cm³/mol. The second kappa shape index (κ2) is 4.52. The molecule has 0 atom stereocenters. The van der Waals surface area contributed by atoms with Gasteiger partial charge in [-0.25, -0.2) is 8.42 Å². The van der Waals surface area contributed by atoms with Gasteiger partial charge in [0.25, 0.3) is 0 Å². The number of rotatable bonds is 4. The van der Waals surface area contributed by atoms with Crippen LogP contribution in [0.2, 0.25) is 0 Å². The minimum absolute atomic E-state index is 0.253. The maximum atomic E-state index is 11.9. The maximum absolute atomic E-state index is 11.9. The van der Waals surface area contributed by atoms with E-state index in [4.69, 9.17) is 0 Å². The Kier molecular flexibility index (Phi) is 3.60. The Morgan fingerprint density at radius 1 is 1.36 bits per heavy atom. The van der Waals surface area contributed by atoms with Crippen molar-refractivity contribution in [2.75, 3.05) is 13.1 Å². The van der Waals surface area contributed by atoms with Gasteiger partial charge in [0.15, 0.2) is 0 Å². The molecule has 78 valence electrons. The van der Waals surface area contributed by atoms with E-state index in [1.54, 1.807) is 18.3 Å². The summed E-state index contributed by atoms with van der Waals surface area (Å²) in [7, 11) is -3.33. The van der Waals surface area contributed by atoms with Gasteiger partial charge in [0.1, 0.15) is 4.90 Å². The SMILES string of the molecule is CCN(CC)S(=O)(=O)c1cccnc1. The molecule has 0 aliphatic heterocycles. The zero-order valence-electron chi connectivity index (χ0n) is 8.34. The largest absolute Gasteiger partial charge is 0.263 e. The van der Waals surface area contributed by atoms with Crippen LogP contribution in [0, 0.1) is 0 Å². The highest BCUT2D eigenvalue weighted by atomic mass is 32.2. The average molecular weight is 214 g/mol. The molecule has 0 spiro atoms. The lowest BCUT2D eigenvalue weighted by atomic mass is 10.5. The van der Waals surface area contributed by atoms with Crippen molar-refractivity contribution in [3.63, 3.8) is 0 Å². The molecular weight excluding hydrogens is 200 g/mol. The zero-order valence-corrected chi connectivity index (χ0v) is 9.16. The first-order valence-corrected chi connectivity index (χ1v) is 5.97. The summed E-state index contributed by atoms with van der Waals surface area (Å²) in [6.45, 7) is 4.59. The Morgan fingerprint density at radius 3 is 2.43 bits per heavy atom. The minimum Gasteiger partial charge on any atom is -0.263 e. The molecule has 4 nitrogen and oxygen atoms in total. The highest BCUT2D eigenvalue weighted by Gasteiger charge is 2.20. The lowest BCUT2D eigenvalue weighted by molar-refractivity contribution is 0.445. The third-order valence-corrected chi connectivity index (χ3v) is 4.01. The fourth-order valence-corrected chi connectivity index (χ4v) is 2.63. The van der Waals surface area contributed by atoms with E-state index in [1.165, 1.54) is 10.5 Å². The minimum atomic E-state index is -3.33. The van der Waals surface area contributed by atoms with Crippen LogP contribution in [0.5, 0.6) is 0 Å². The Bertz CT molecular complexity index is 371. The van der Waals surface area contributed by atoms with Crippen LogP contribution in [0.25, 0.3) is 0 Å². The summed E-state index contributed by atoms with van der Waals surface area (Å²) in [5.41, 5.74) is 0. The molecule has 0 amide bonds. The van der Waals surface area contributed by atoms with Crippen molar-refractivity contribution in [1.29, 1.82) is 0 Å². The van der Waals surface area contributed by atoms with E-state index in [0.29, 0.717) is 13.1 Å². The second-order valence-electron chi connectivity index (χ2n) is 2.78. The molecule has 0 saturated carbocycles. The molecule has 14 heavy (non-hydrogen) atoms. The summed E-state index contributed by atoms with van der Waals surface area (Å²) in [5, 5.41) is 0. The van der Waals surface area contributed by atoms with Crippen LogP contribution in [0.15, 0.2) is 29.4 Å². The fourth-order valence-electron chi connectivity index (χ4n) is 1.21. The molecule has 1 aromatic heterocycles. The van der Waals surface area contributed by atoms with Crippen molar-refractivity contribution in [3.8, 4) is 0 Å². The Hall–Kier alpha value is -0.940. The molecule has 0 saturated heterocycles. The number of aromatic nitrogens is 1. The standard InChI is InChI=1S/C9H14N2O2S/c1-3-11(4-2)14(12,13)9-6-5-7-10-8-9/h5-8H,3-4H2,1-2H3. The average Bonchev–Trinajstić information content (AvgIpc) is 2.20. The highest BCUT2D eigenvalue weighted by Crippen LogP contribution is 2.12. The molecule has 0 aromatic carbocycles. The number of nitrogens with zero attached hydrogens (tertiary/aromatic N) is 2. The van der Waals surface area contributed by atoms with Crippen molar-refractivity contribution < 1.29 is 8.42 Å². The molecule has 1 aromatic rings. The highest BCUT2D eigenvalue weighted by molar-refractivity contribution is 7.89. The molecule has 0 fully saturated rings. The van der Waals surface area contributed by atoms with Crippen molar-refractivity contribution in [3.05, 3.63) is 24.5 Å². The van der Waals surface area contributed by atoms with E-state index in [9.17, 15) is 8.42 Å². The lowest BCUT2D eigenvalue weighted by Crippen LogP contribution is -2.30. The van der Waals surface area contributed by atoms with Crippen LogP contribution in [0.3, 0.4) is 0 Å². The third kappa shape index (κ3) is 2.10. The summed E-state index contributed by atoms with van der Waals surface area (Å²) >= 11 is 0. The normalized spacial score (nSPS) is 11.9. The molecule has 0 bridgehead atoms. The zero-order chi connectivity index (χ0) is 10.6. The van der Waals surface area contributed by atoms with E-state index in [0.717, 1.165) is 0 Å². The van der Waals surface area contributed by atoms with Gasteiger partial charge in [-0.3, -0.25) is 4.98 Å². The van der Waals surface area contributed by atoms with Crippen molar-refractivity contribution in [2.24, 2.45) is 0 Å². The van der Waals surface area contributed by atoms with Crippen LogP contribution < -0.4 is 0 Å². The summed E-state index contributed by atoms with van der Waals surface area (Å²) in [6, 6.07) is 3.18. The molecule has 0 radical (unpaired) electrons. The topological polar surface area (TPSA) is 50.3 Å².